The summed E-state index contributed by atoms with van der Waals surface area (Å²) in [5.74, 6) is 3.06. The number of carbonyl (C=O) groups is 1. The molecule has 4 aromatic rings. The summed E-state index contributed by atoms with van der Waals surface area (Å²) >= 11 is 1.35. The maximum Gasteiger partial charge on any atom is 0.207 e. The second-order valence-corrected chi connectivity index (χ2v) is 12.2. The van der Waals surface area contributed by atoms with E-state index in [2.05, 4.69) is 4.90 Å². The zero-order valence-electron chi connectivity index (χ0n) is 22.8. The zero-order chi connectivity index (χ0) is 27.1. The van der Waals surface area contributed by atoms with Gasteiger partial charge in [0.1, 0.15) is 28.2 Å². The number of aryl methyl sites for hydroxylation is 3. The number of rotatable bonds is 9. The number of hydrogen-bond donors (Lipinski definition) is 1. The smallest absolute Gasteiger partial charge is 0.207 e. The lowest BCUT2D eigenvalue weighted by Crippen LogP contribution is -2.26. The van der Waals surface area contributed by atoms with Crippen molar-refractivity contribution in [3.63, 3.8) is 0 Å². The van der Waals surface area contributed by atoms with Crippen LogP contribution >= 0.6 is 11.3 Å². The maximum absolute atomic E-state index is 13.9. The zero-order valence-corrected chi connectivity index (χ0v) is 23.6. The molecule has 39 heavy (non-hydrogen) atoms. The van der Waals surface area contributed by atoms with Gasteiger partial charge < -0.3 is 14.6 Å². The molecule has 1 saturated heterocycles. The monoisotopic (exact) mass is 541 g/mol. The number of nitrogens with zero attached hydrogens (tertiary/aromatic N) is 1. The molecule has 0 bridgehead atoms. The van der Waals surface area contributed by atoms with Gasteiger partial charge in [-0.1, -0.05) is 30.5 Å². The fourth-order valence-corrected chi connectivity index (χ4v) is 6.84. The van der Waals surface area contributed by atoms with Gasteiger partial charge in [0.25, 0.3) is 0 Å². The quantitative estimate of drug-likeness (QED) is 0.219. The van der Waals surface area contributed by atoms with Crippen molar-refractivity contribution >= 4 is 27.2 Å². The van der Waals surface area contributed by atoms with Crippen LogP contribution in [0.4, 0.5) is 0 Å². The van der Waals surface area contributed by atoms with E-state index in [1.165, 1.54) is 37.1 Å². The van der Waals surface area contributed by atoms with Crippen molar-refractivity contribution in [2.75, 3.05) is 19.6 Å². The molecule has 5 nitrogen and oxygen atoms in total. The molecule has 6 heteroatoms. The second-order valence-electron chi connectivity index (χ2n) is 11.2. The molecule has 6 rings (SSSR count). The predicted octanol–water partition coefficient (Wildman–Crippen LogP) is 7.81. The Morgan fingerprint density at radius 1 is 0.974 bits per heavy atom. The number of benzene rings is 3. The number of fused-ring (bicyclic) bond motifs is 1. The molecule has 3 aromatic carbocycles. The van der Waals surface area contributed by atoms with Gasteiger partial charge in [0.05, 0.1) is 0 Å². The van der Waals surface area contributed by atoms with Crippen molar-refractivity contribution in [2.45, 2.75) is 52.6 Å². The fraction of sp³-hybridized carbons (Fsp3) is 0.364. The first-order valence-electron chi connectivity index (χ1n) is 13.9. The molecule has 1 unspecified atom stereocenters. The molecule has 202 valence electrons. The van der Waals surface area contributed by atoms with Crippen molar-refractivity contribution in [1.29, 1.82) is 0 Å². The van der Waals surface area contributed by atoms with E-state index in [-0.39, 0.29) is 17.6 Å². The van der Waals surface area contributed by atoms with E-state index in [4.69, 9.17) is 9.47 Å². The number of hydrogen-bond acceptors (Lipinski definition) is 6. The van der Waals surface area contributed by atoms with Crippen molar-refractivity contribution in [2.24, 2.45) is 5.92 Å². The Labute approximate surface area is 234 Å². The third kappa shape index (κ3) is 5.68. The van der Waals surface area contributed by atoms with E-state index in [0.717, 1.165) is 58.0 Å². The van der Waals surface area contributed by atoms with E-state index < -0.39 is 0 Å². The van der Waals surface area contributed by atoms with Gasteiger partial charge >= 0.3 is 0 Å². The van der Waals surface area contributed by atoms with Crippen molar-refractivity contribution < 1.29 is 19.4 Å². The van der Waals surface area contributed by atoms with Crippen LogP contribution in [-0.4, -0.2) is 41.5 Å². The molecule has 0 amide bonds. The second kappa shape index (κ2) is 10.7. The van der Waals surface area contributed by atoms with Crippen LogP contribution in [-0.2, 0) is 0 Å². The van der Waals surface area contributed by atoms with Crippen LogP contribution in [0.5, 0.6) is 23.0 Å². The summed E-state index contributed by atoms with van der Waals surface area (Å²) < 4.78 is 13.5. The number of phenolic OH excluding ortho intramolecular Hbond substituents is 1. The van der Waals surface area contributed by atoms with Gasteiger partial charge in [-0.15, -0.1) is 11.3 Å². The Morgan fingerprint density at radius 2 is 1.69 bits per heavy atom. The molecule has 1 atom stereocenters. The summed E-state index contributed by atoms with van der Waals surface area (Å²) in [5.41, 5.74) is 3.73. The minimum Gasteiger partial charge on any atom is -0.508 e. The molecule has 1 aromatic heterocycles. The van der Waals surface area contributed by atoms with E-state index in [9.17, 15) is 9.90 Å². The molecule has 1 aliphatic carbocycles. The molecular weight excluding hydrogens is 506 g/mol. The summed E-state index contributed by atoms with van der Waals surface area (Å²) in [7, 11) is 0. The highest BCUT2D eigenvalue weighted by Gasteiger charge is 2.28. The van der Waals surface area contributed by atoms with Crippen LogP contribution in [0, 0.1) is 26.7 Å². The minimum atomic E-state index is -0.0619. The van der Waals surface area contributed by atoms with Crippen LogP contribution in [0.25, 0.3) is 10.1 Å². The van der Waals surface area contributed by atoms with Crippen LogP contribution in [0.1, 0.15) is 57.6 Å². The first kappa shape index (κ1) is 25.9. The summed E-state index contributed by atoms with van der Waals surface area (Å²) in [6.07, 6.45) is 5.41. The van der Waals surface area contributed by atoms with E-state index in [0.29, 0.717) is 21.9 Å². The summed E-state index contributed by atoms with van der Waals surface area (Å²) in [4.78, 5) is 16.9. The number of ketones is 1. The van der Waals surface area contributed by atoms with Crippen molar-refractivity contribution in [3.8, 4) is 23.0 Å². The van der Waals surface area contributed by atoms with Crippen LogP contribution < -0.4 is 9.47 Å². The summed E-state index contributed by atoms with van der Waals surface area (Å²) in [6.45, 7) is 9.27. The lowest BCUT2D eigenvalue weighted by atomic mass is 9.95. The number of carbonyl (C=O) groups excluding carboxylic acids is 1. The molecule has 1 saturated carbocycles. The Bertz CT molecular complexity index is 1500. The first-order valence-corrected chi connectivity index (χ1v) is 14.7. The van der Waals surface area contributed by atoms with Gasteiger partial charge in [-0.05, 0) is 99.7 Å². The Hall–Kier alpha value is -3.35. The highest BCUT2D eigenvalue weighted by atomic mass is 32.1. The van der Waals surface area contributed by atoms with Crippen LogP contribution in [0.3, 0.4) is 0 Å². The van der Waals surface area contributed by atoms with E-state index in [1.54, 1.807) is 12.1 Å². The number of thiophene rings is 1. The molecular formula is C33H35NO4S. The number of likely N-dealkylation sites (tertiary alicyclic amines) is 1. The summed E-state index contributed by atoms with van der Waals surface area (Å²) in [5, 5.41) is 10.9. The van der Waals surface area contributed by atoms with Gasteiger partial charge in [-0.25, -0.2) is 0 Å². The molecule has 1 N–H and O–H groups in total. The normalized spacial score (nSPS) is 17.6. The Balaban J connectivity index is 1.22. The number of phenols is 1. The molecule has 2 aliphatic rings. The Kier molecular flexibility index (Phi) is 7.08. The van der Waals surface area contributed by atoms with Gasteiger partial charge in [0.2, 0.25) is 5.78 Å². The van der Waals surface area contributed by atoms with E-state index in [1.807, 2.05) is 63.2 Å². The van der Waals surface area contributed by atoms with Gasteiger partial charge in [-0.2, -0.15) is 0 Å². The molecule has 0 spiro atoms. The van der Waals surface area contributed by atoms with Crippen molar-refractivity contribution in [3.05, 3.63) is 81.7 Å². The van der Waals surface area contributed by atoms with Crippen LogP contribution in [0.2, 0.25) is 0 Å². The lowest BCUT2D eigenvalue weighted by Gasteiger charge is -2.17. The average molecular weight is 542 g/mol. The van der Waals surface area contributed by atoms with Gasteiger partial charge in [0.15, 0.2) is 5.75 Å². The number of aromatic hydroxyl groups is 1. The topological polar surface area (TPSA) is 59.0 Å². The van der Waals surface area contributed by atoms with E-state index >= 15 is 0 Å². The standard InChI is InChI=1S/C33H35NO4S/c1-20-16-21(2)30(22(3)17-20)31(36)33-32(28-11-6-24(35)18-29(28)39-33)38-26-9-7-25(8-10-26)37-27-13-15-34(19-27)14-12-23-4-5-23/h6-11,16-18,23,27,35H,4-5,12-15,19H2,1-3H3. The summed E-state index contributed by atoms with van der Waals surface area (Å²) in [6, 6.07) is 16.9. The highest BCUT2D eigenvalue weighted by Crippen LogP contribution is 2.43. The maximum atomic E-state index is 13.9. The van der Waals surface area contributed by atoms with Gasteiger partial charge in [-0.3, -0.25) is 9.69 Å². The highest BCUT2D eigenvalue weighted by molar-refractivity contribution is 7.21. The molecule has 1 aliphatic heterocycles. The Morgan fingerprint density at radius 3 is 2.41 bits per heavy atom. The fourth-order valence-electron chi connectivity index (χ4n) is 5.73. The molecule has 0 radical (unpaired) electrons. The third-order valence-electron chi connectivity index (χ3n) is 7.86. The minimum absolute atomic E-state index is 0.0619. The predicted molar refractivity (Wildman–Crippen MR) is 157 cm³/mol. The largest absolute Gasteiger partial charge is 0.508 e. The van der Waals surface area contributed by atoms with Crippen LogP contribution in [0.15, 0.2) is 54.6 Å². The molecule has 2 heterocycles. The van der Waals surface area contributed by atoms with Gasteiger partial charge in [0, 0.05) is 28.7 Å². The number of ether oxygens (including phenoxy) is 2. The molecule has 2 fully saturated rings. The first-order chi connectivity index (χ1) is 18.8. The van der Waals surface area contributed by atoms with Crippen molar-refractivity contribution in [1.82, 2.24) is 4.90 Å². The SMILES string of the molecule is Cc1cc(C)c(C(=O)c2sc3cc(O)ccc3c2Oc2ccc(OC3CCN(CCC4CC4)C3)cc2)c(C)c1. The third-order valence-corrected chi connectivity index (χ3v) is 9.00. The lowest BCUT2D eigenvalue weighted by molar-refractivity contribution is 0.103. The average Bonchev–Trinajstić information content (AvgIpc) is 3.52.